The Morgan fingerprint density at radius 3 is 2.65 bits per heavy atom. The van der Waals surface area contributed by atoms with Crippen LogP contribution in [0.15, 0.2) is 46.4 Å². The highest BCUT2D eigenvalue weighted by molar-refractivity contribution is 6.03. The van der Waals surface area contributed by atoms with Gasteiger partial charge in [0.05, 0.1) is 29.0 Å². The minimum atomic E-state index is -0.978. The summed E-state index contributed by atoms with van der Waals surface area (Å²) in [5, 5.41) is 34.9. The SMILES string of the molecule is CCCCNC1N=CC(c2ccc(-c3cccc(C(=O)O)c3)nn2)C(NC2CCC(O)CC2)=N1. The topological polar surface area (TPSA) is 132 Å². The van der Waals surface area contributed by atoms with Gasteiger partial charge in [0.25, 0.3) is 0 Å². The number of hydrogen-bond acceptors (Lipinski definition) is 8. The normalized spacial score (nSPS) is 24.5. The molecule has 1 aromatic heterocycles. The quantitative estimate of drug-likeness (QED) is 0.442. The number of nitrogens with zero attached hydrogens (tertiary/aromatic N) is 4. The molecule has 2 heterocycles. The third kappa shape index (κ3) is 6.03. The molecular formula is C25H32N6O3. The minimum absolute atomic E-state index is 0.209. The number of rotatable bonds is 8. The molecule has 1 saturated carbocycles. The molecule has 0 radical (unpaired) electrons. The van der Waals surface area contributed by atoms with E-state index in [-0.39, 0.29) is 29.9 Å². The summed E-state index contributed by atoms with van der Waals surface area (Å²) >= 11 is 0. The van der Waals surface area contributed by atoms with Crippen molar-refractivity contribution in [2.75, 3.05) is 6.54 Å². The molecule has 0 amide bonds. The molecule has 1 aromatic carbocycles. The van der Waals surface area contributed by atoms with E-state index >= 15 is 0 Å². The molecule has 1 fully saturated rings. The maximum absolute atomic E-state index is 11.3. The van der Waals surface area contributed by atoms with E-state index in [9.17, 15) is 15.0 Å². The average molecular weight is 465 g/mol. The summed E-state index contributed by atoms with van der Waals surface area (Å²) in [6.07, 6.45) is 6.83. The Hall–Kier alpha value is -3.17. The van der Waals surface area contributed by atoms with Gasteiger partial charge in [-0.1, -0.05) is 25.5 Å². The minimum Gasteiger partial charge on any atom is -0.478 e. The lowest BCUT2D eigenvalue weighted by Crippen LogP contribution is -2.45. The summed E-state index contributed by atoms with van der Waals surface area (Å²) in [4.78, 5) is 20.7. The van der Waals surface area contributed by atoms with Gasteiger partial charge in [-0.3, -0.25) is 10.3 Å². The lowest BCUT2D eigenvalue weighted by atomic mass is 9.92. The van der Waals surface area contributed by atoms with Crippen molar-refractivity contribution in [1.82, 2.24) is 20.8 Å². The highest BCUT2D eigenvalue weighted by Crippen LogP contribution is 2.24. The molecule has 1 aliphatic carbocycles. The van der Waals surface area contributed by atoms with Crippen LogP contribution < -0.4 is 10.6 Å². The second-order valence-corrected chi connectivity index (χ2v) is 8.85. The predicted molar refractivity (Wildman–Crippen MR) is 131 cm³/mol. The Kier molecular flexibility index (Phi) is 7.97. The van der Waals surface area contributed by atoms with Crippen molar-refractivity contribution < 1.29 is 15.0 Å². The Bertz CT molecular complexity index is 1030. The fraction of sp³-hybridized carbons (Fsp3) is 0.480. The summed E-state index contributed by atoms with van der Waals surface area (Å²) in [7, 11) is 0. The fourth-order valence-electron chi connectivity index (χ4n) is 4.24. The van der Waals surface area contributed by atoms with Crippen LogP contribution >= 0.6 is 0 Å². The molecule has 9 heteroatoms. The number of carboxylic acids is 1. The number of unbranched alkanes of at least 4 members (excludes halogenated alkanes) is 1. The molecule has 4 rings (SSSR count). The van der Waals surface area contributed by atoms with Crippen LogP contribution in [0.5, 0.6) is 0 Å². The van der Waals surface area contributed by atoms with Crippen molar-refractivity contribution in [2.24, 2.45) is 9.98 Å². The van der Waals surface area contributed by atoms with Gasteiger partial charge in [-0.15, -0.1) is 0 Å². The van der Waals surface area contributed by atoms with E-state index in [4.69, 9.17) is 4.99 Å². The van der Waals surface area contributed by atoms with Crippen LogP contribution in [0.3, 0.4) is 0 Å². The number of aliphatic imine (C=N–C) groups is 2. The van der Waals surface area contributed by atoms with Gasteiger partial charge < -0.3 is 15.5 Å². The van der Waals surface area contributed by atoms with Crippen molar-refractivity contribution in [2.45, 2.75) is 69.8 Å². The highest BCUT2D eigenvalue weighted by atomic mass is 16.4. The lowest BCUT2D eigenvalue weighted by Gasteiger charge is -2.31. The number of aliphatic hydroxyl groups excluding tert-OH is 1. The average Bonchev–Trinajstić information content (AvgIpc) is 2.86. The van der Waals surface area contributed by atoms with E-state index < -0.39 is 5.97 Å². The molecule has 2 unspecified atom stereocenters. The molecule has 2 aliphatic rings. The number of hydrogen-bond donors (Lipinski definition) is 4. The first kappa shape index (κ1) is 24.0. The smallest absolute Gasteiger partial charge is 0.335 e. The van der Waals surface area contributed by atoms with Gasteiger partial charge in [0.15, 0.2) is 6.29 Å². The van der Waals surface area contributed by atoms with E-state index in [1.165, 1.54) is 0 Å². The number of nitrogens with one attached hydrogen (secondary N) is 2. The van der Waals surface area contributed by atoms with Crippen molar-refractivity contribution >= 4 is 18.0 Å². The van der Waals surface area contributed by atoms with Gasteiger partial charge in [-0.05, 0) is 62.9 Å². The van der Waals surface area contributed by atoms with Crippen LogP contribution in [0.4, 0.5) is 0 Å². The van der Waals surface area contributed by atoms with Gasteiger partial charge in [0, 0.05) is 17.8 Å². The number of aromatic nitrogens is 2. The zero-order chi connectivity index (χ0) is 23.9. The van der Waals surface area contributed by atoms with Gasteiger partial charge in [0.1, 0.15) is 5.84 Å². The van der Waals surface area contributed by atoms with Crippen LogP contribution in [0.2, 0.25) is 0 Å². The van der Waals surface area contributed by atoms with Gasteiger partial charge >= 0.3 is 5.97 Å². The van der Waals surface area contributed by atoms with Crippen molar-refractivity contribution in [1.29, 1.82) is 0 Å². The predicted octanol–water partition coefficient (Wildman–Crippen LogP) is 2.97. The Labute approximate surface area is 199 Å². The molecule has 2 aromatic rings. The third-order valence-electron chi connectivity index (χ3n) is 6.25. The first-order valence-electron chi connectivity index (χ1n) is 12.0. The first-order valence-corrected chi connectivity index (χ1v) is 12.0. The molecule has 9 nitrogen and oxygen atoms in total. The third-order valence-corrected chi connectivity index (χ3v) is 6.25. The lowest BCUT2D eigenvalue weighted by molar-refractivity contribution is 0.0697. The number of amidine groups is 1. The molecule has 34 heavy (non-hydrogen) atoms. The van der Waals surface area contributed by atoms with E-state index in [1.807, 2.05) is 24.4 Å². The zero-order valence-corrected chi connectivity index (χ0v) is 19.4. The summed E-state index contributed by atoms with van der Waals surface area (Å²) in [6.45, 7) is 3.00. The molecule has 0 spiro atoms. The van der Waals surface area contributed by atoms with Crippen molar-refractivity contribution in [3.8, 4) is 11.3 Å². The number of carboxylic acid groups (broad SMARTS) is 1. The van der Waals surface area contributed by atoms with Crippen LogP contribution in [0.1, 0.15) is 67.4 Å². The van der Waals surface area contributed by atoms with Crippen molar-refractivity contribution in [3.05, 3.63) is 47.7 Å². The summed E-state index contributed by atoms with van der Waals surface area (Å²) in [5.41, 5.74) is 2.23. The van der Waals surface area contributed by atoms with Gasteiger partial charge in [-0.2, -0.15) is 10.2 Å². The molecule has 0 saturated heterocycles. The monoisotopic (exact) mass is 464 g/mol. The number of aromatic carboxylic acids is 1. The summed E-state index contributed by atoms with van der Waals surface area (Å²) in [6, 6.07) is 10.6. The molecule has 2 atom stereocenters. The van der Waals surface area contributed by atoms with Crippen LogP contribution in [0.25, 0.3) is 11.3 Å². The van der Waals surface area contributed by atoms with Gasteiger partial charge in [0.2, 0.25) is 0 Å². The standard InChI is InChI=1S/C25H32N6O3/c1-2-3-13-26-25-27-15-20(23(29-25)28-18-7-9-19(32)10-8-18)22-12-11-21(30-31-22)16-5-4-6-17(14-16)24(33)34/h4-6,11-12,14-15,18-20,25-26,32H,2-3,7-10,13H2,1H3,(H,28,29)(H,33,34). The molecule has 180 valence electrons. The molecule has 1 aliphatic heterocycles. The Morgan fingerprint density at radius 2 is 1.94 bits per heavy atom. The second kappa shape index (κ2) is 11.3. The zero-order valence-electron chi connectivity index (χ0n) is 19.4. The summed E-state index contributed by atoms with van der Waals surface area (Å²) in [5.74, 6) is -0.419. The molecule has 0 bridgehead atoms. The van der Waals surface area contributed by atoms with E-state index in [0.717, 1.165) is 56.6 Å². The number of benzene rings is 1. The second-order valence-electron chi connectivity index (χ2n) is 8.85. The largest absolute Gasteiger partial charge is 0.478 e. The summed E-state index contributed by atoms with van der Waals surface area (Å²) < 4.78 is 0. The van der Waals surface area contributed by atoms with E-state index in [1.54, 1.807) is 18.2 Å². The van der Waals surface area contributed by atoms with Gasteiger partial charge in [-0.25, -0.2) is 9.79 Å². The fourth-order valence-corrected chi connectivity index (χ4v) is 4.24. The Morgan fingerprint density at radius 1 is 1.12 bits per heavy atom. The number of aliphatic hydroxyl groups is 1. The molecular weight excluding hydrogens is 432 g/mol. The van der Waals surface area contributed by atoms with Crippen LogP contribution in [0, 0.1) is 0 Å². The first-order chi connectivity index (χ1) is 16.5. The van der Waals surface area contributed by atoms with E-state index in [0.29, 0.717) is 11.3 Å². The Balaban J connectivity index is 1.53. The maximum Gasteiger partial charge on any atom is 0.335 e. The van der Waals surface area contributed by atoms with Crippen LogP contribution in [-0.2, 0) is 0 Å². The number of carbonyl (C=O) groups is 1. The van der Waals surface area contributed by atoms with Crippen LogP contribution in [-0.4, -0.2) is 63.4 Å². The van der Waals surface area contributed by atoms with Crippen molar-refractivity contribution in [3.63, 3.8) is 0 Å². The maximum atomic E-state index is 11.3. The molecule has 4 N–H and O–H groups in total. The highest BCUT2D eigenvalue weighted by Gasteiger charge is 2.28. The van der Waals surface area contributed by atoms with E-state index in [2.05, 4.69) is 32.7 Å².